The van der Waals surface area contributed by atoms with Crippen LogP contribution in [0.5, 0.6) is 0 Å². The lowest BCUT2D eigenvalue weighted by Crippen LogP contribution is -2.11. The summed E-state index contributed by atoms with van der Waals surface area (Å²) in [6.45, 7) is 3.86. The summed E-state index contributed by atoms with van der Waals surface area (Å²) in [7, 11) is 0. The summed E-state index contributed by atoms with van der Waals surface area (Å²) in [4.78, 5) is 17.4. The molecule has 1 heterocycles. The van der Waals surface area contributed by atoms with E-state index in [9.17, 15) is 9.18 Å². The van der Waals surface area contributed by atoms with Crippen LogP contribution in [0.25, 0.3) is 0 Å². The van der Waals surface area contributed by atoms with Crippen molar-refractivity contribution in [2.24, 2.45) is 0 Å². The number of hydrogen-bond donors (Lipinski definition) is 2. The van der Waals surface area contributed by atoms with Gasteiger partial charge in [0.25, 0.3) is 5.91 Å². The molecule has 3 aromatic rings. The Balaban J connectivity index is 1.73. The van der Waals surface area contributed by atoms with Gasteiger partial charge in [-0.25, -0.2) is 9.37 Å². The third kappa shape index (κ3) is 4.22. The molecule has 4 nitrogen and oxygen atoms in total. The summed E-state index contributed by atoms with van der Waals surface area (Å²) in [5.41, 5.74) is 3.19. The van der Waals surface area contributed by atoms with Crippen LogP contribution in [0.2, 0.25) is 0 Å². The fraction of sp³-hybridized carbons (Fsp3) is 0.158. The number of benzene rings is 2. The van der Waals surface area contributed by atoms with Crippen LogP contribution < -0.4 is 10.6 Å². The van der Waals surface area contributed by atoms with Crippen molar-refractivity contribution in [1.29, 1.82) is 0 Å². The van der Waals surface area contributed by atoms with Crippen LogP contribution in [0.3, 0.4) is 0 Å². The molecule has 3 rings (SSSR count). The Morgan fingerprint density at radius 1 is 1.16 bits per heavy atom. The average Bonchev–Trinajstić information content (AvgIpc) is 2.96. The second-order valence-electron chi connectivity index (χ2n) is 5.57. The SMILES string of the molecule is CCc1ccc(NC(=O)c2sc(Nc3cccc(F)c3)nc2C)cc1. The molecule has 2 aromatic carbocycles. The number of aryl methyl sites for hydroxylation is 2. The van der Waals surface area contributed by atoms with E-state index in [2.05, 4.69) is 22.5 Å². The number of rotatable bonds is 5. The number of carbonyl (C=O) groups is 1. The normalized spacial score (nSPS) is 10.5. The maximum Gasteiger partial charge on any atom is 0.267 e. The van der Waals surface area contributed by atoms with Crippen LogP contribution in [-0.2, 0) is 6.42 Å². The lowest BCUT2D eigenvalue weighted by atomic mass is 10.1. The highest BCUT2D eigenvalue weighted by molar-refractivity contribution is 7.17. The molecule has 0 aliphatic rings. The van der Waals surface area contributed by atoms with Gasteiger partial charge in [-0.2, -0.15) is 0 Å². The van der Waals surface area contributed by atoms with E-state index in [1.54, 1.807) is 19.1 Å². The summed E-state index contributed by atoms with van der Waals surface area (Å²) in [6, 6.07) is 13.9. The number of amides is 1. The van der Waals surface area contributed by atoms with E-state index in [4.69, 9.17) is 0 Å². The highest BCUT2D eigenvalue weighted by Gasteiger charge is 2.16. The standard InChI is InChI=1S/C19H18FN3OS/c1-3-13-7-9-15(10-8-13)22-18(24)17-12(2)21-19(25-17)23-16-6-4-5-14(20)11-16/h4-11H,3H2,1-2H3,(H,21,23)(H,22,24). The first-order valence-electron chi connectivity index (χ1n) is 7.95. The summed E-state index contributed by atoms with van der Waals surface area (Å²) in [5, 5.41) is 6.46. The van der Waals surface area contributed by atoms with Crippen molar-refractivity contribution in [3.8, 4) is 0 Å². The van der Waals surface area contributed by atoms with Gasteiger partial charge in [-0.05, 0) is 49.2 Å². The molecule has 0 aliphatic carbocycles. The first-order valence-corrected chi connectivity index (χ1v) is 8.77. The summed E-state index contributed by atoms with van der Waals surface area (Å²) in [6.07, 6.45) is 0.956. The van der Waals surface area contributed by atoms with E-state index in [1.165, 1.54) is 29.0 Å². The molecule has 6 heteroatoms. The van der Waals surface area contributed by atoms with Gasteiger partial charge in [0.05, 0.1) is 5.69 Å². The van der Waals surface area contributed by atoms with E-state index < -0.39 is 0 Å². The zero-order valence-electron chi connectivity index (χ0n) is 14.0. The third-order valence-corrected chi connectivity index (χ3v) is 4.77. The molecular weight excluding hydrogens is 337 g/mol. The number of aromatic nitrogens is 1. The maximum atomic E-state index is 13.3. The number of halogens is 1. The third-order valence-electron chi connectivity index (χ3n) is 3.70. The Morgan fingerprint density at radius 3 is 2.60 bits per heavy atom. The monoisotopic (exact) mass is 355 g/mol. The summed E-state index contributed by atoms with van der Waals surface area (Å²) in [5.74, 6) is -0.529. The first kappa shape index (κ1) is 17.1. The van der Waals surface area contributed by atoms with Crippen LogP contribution in [0.1, 0.15) is 27.9 Å². The fourth-order valence-electron chi connectivity index (χ4n) is 2.36. The Labute approximate surface area is 149 Å². The van der Waals surface area contributed by atoms with Gasteiger partial charge in [-0.15, -0.1) is 0 Å². The lowest BCUT2D eigenvalue weighted by Gasteiger charge is -2.05. The smallest absolute Gasteiger partial charge is 0.267 e. The van der Waals surface area contributed by atoms with Crippen LogP contribution in [-0.4, -0.2) is 10.9 Å². The quantitative estimate of drug-likeness (QED) is 0.665. The molecule has 1 amide bonds. The molecule has 0 atom stereocenters. The van der Waals surface area contributed by atoms with E-state index in [1.807, 2.05) is 24.3 Å². The van der Waals surface area contributed by atoms with Crippen molar-refractivity contribution in [2.45, 2.75) is 20.3 Å². The molecule has 0 spiro atoms. The molecule has 0 aliphatic heterocycles. The van der Waals surface area contributed by atoms with Crippen molar-refractivity contribution in [3.63, 3.8) is 0 Å². The van der Waals surface area contributed by atoms with E-state index in [-0.39, 0.29) is 11.7 Å². The van der Waals surface area contributed by atoms with Crippen molar-refractivity contribution < 1.29 is 9.18 Å². The first-order chi connectivity index (χ1) is 12.0. The number of nitrogens with one attached hydrogen (secondary N) is 2. The molecular formula is C19H18FN3OS. The molecule has 0 fully saturated rings. The minimum Gasteiger partial charge on any atom is -0.331 e. The van der Waals surface area contributed by atoms with Gasteiger partial charge in [0.15, 0.2) is 5.13 Å². The van der Waals surface area contributed by atoms with Gasteiger partial charge in [0.2, 0.25) is 0 Å². The molecule has 25 heavy (non-hydrogen) atoms. The van der Waals surface area contributed by atoms with Crippen molar-refractivity contribution in [3.05, 3.63) is 70.5 Å². The number of carbonyl (C=O) groups excluding carboxylic acids is 1. The fourth-order valence-corrected chi connectivity index (χ4v) is 3.24. The van der Waals surface area contributed by atoms with Crippen molar-refractivity contribution in [2.75, 3.05) is 10.6 Å². The van der Waals surface area contributed by atoms with E-state index in [0.29, 0.717) is 21.4 Å². The van der Waals surface area contributed by atoms with Gasteiger partial charge >= 0.3 is 0 Å². The largest absolute Gasteiger partial charge is 0.331 e. The van der Waals surface area contributed by atoms with E-state index in [0.717, 1.165) is 12.1 Å². The number of nitrogens with zero attached hydrogens (tertiary/aromatic N) is 1. The maximum absolute atomic E-state index is 13.3. The van der Waals surface area contributed by atoms with Crippen LogP contribution in [0.4, 0.5) is 20.9 Å². The highest BCUT2D eigenvalue weighted by atomic mass is 32.1. The van der Waals surface area contributed by atoms with Gasteiger partial charge in [-0.3, -0.25) is 4.79 Å². The molecule has 0 saturated heterocycles. The van der Waals surface area contributed by atoms with Gasteiger partial charge in [-0.1, -0.05) is 36.5 Å². The minimum absolute atomic E-state index is 0.202. The lowest BCUT2D eigenvalue weighted by molar-refractivity contribution is 0.103. The topological polar surface area (TPSA) is 54.0 Å². The van der Waals surface area contributed by atoms with Crippen LogP contribution >= 0.6 is 11.3 Å². The summed E-state index contributed by atoms with van der Waals surface area (Å²) < 4.78 is 13.3. The van der Waals surface area contributed by atoms with E-state index >= 15 is 0 Å². The minimum atomic E-state index is -0.327. The molecule has 0 saturated carbocycles. The number of anilines is 3. The average molecular weight is 355 g/mol. The predicted molar refractivity (Wildman–Crippen MR) is 100 cm³/mol. The van der Waals surface area contributed by atoms with Crippen LogP contribution in [0, 0.1) is 12.7 Å². The van der Waals surface area contributed by atoms with Crippen molar-refractivity contribution >= 4 is 33.8 Å². The number of thiazole rings is 1. The Hall–Kier alpha value is -2.73. The van der Waals surface area contributed by atoms with Crippen LogP contribution in [0.15, 0.2) is 48.5 Å². The molecule has 2 N–H and O–H groups in total. The van der Waals surface area contributed by atoms with Crippen molar-refractivity contribution in [1.82, 2.24) is 4.98 Å². The highest BCUT2D eigenvalue weighted by Crippen LogP contribution is 2.27. The van der Waals surface area contributed by atoms with Gasteiger partial charge in [0.1, 0.15) is 10.7 Å². The Bertz CT molecular complexity index is 890. The number of hydrogen-bond acceptors (Lipinski definition) is 4. The predicted octanol–water partition coefficient (Wildman–Crippen LogP) is 5.15. The molecule has 128 valence electrons. The molecule has 0 radical (unpaired) electrons. The summed E-state index contributed by atoms with van der Waals surface area (Å²) >= 11 is 1.24. The second kappa shape index (κ2) is 7.44. The zero-order chi connectivity index (χ0) is 17.8. The van der Waals surface area contributed by atoms with Gasteiger partial charge < -0.3 is 10.6 Å². The second-order valence-corrected chi connectivity index (χ2v) is 6.57. The Morgan fingerprint density at radius 2 is 1.92 bits per heavy atom. The zero-order valence-corrected chi connectivity index (χ0v) is 14.8. The van der Waals surface area contributed by atoms with Gasteiger partial charge in [0, 0.05) is 11.4 Å². The molecule has 1 aromatic heterocycles. The molecule has 0 unspecified atom stereocenters. The molecule has 0 bridgehead atoms. The Kier molecular flexibility index (Phi) is 5.09.